The lowest BCUT2D eigenvalue weighted by Gasteiger charge is -2.64. The molecule has 0 aromatic rings. The van der Waals surface area contributed by atoms with Crippen LogP contribution < -0.4 is 5.32 Å². The summed E-state index contributed by atoms with van der Waals surface area (Å²) < 4.78 is 12.3. The Morgan fingerprint density at radius 3 is 2.71 bits per heavy atom. The Labute approximate surface area is 105 Å². The van der Waals surface area contributed by atoms with Gasteiger partial charge in [-0.2, -0.15) is 0 Å². The van der Waals surface area contributed by atoms with E-state index in [1.54, 1.807) is 0 Å². The molecule has 17 heavy (non-hydrogen) atoms. The van der Waals surface area contributed by atoms with Crippen LogP contribution >= 0.6 is 0 Å². The first kappa shape index (κ1) is 12.0. The Morgan fingerprint density at radius 2 is 2.06 bits per heavy atom. The average Bonchev–Trinajstić information content (AvgIpc) is 2.61. The van der Waals surface area contributed by atoms with E-state index in [1.165, 1.54) is 12.8 Å². The number of nitrogens with one attached hydrogen (secondary N) is 1. The molecule has 1 aliphatic heterocycles. The largest absolute Gasteiger partial charge is 0.472 e. The molecule has 4 rings (SSSR count). The molecule has 0 aromatic carbocycles. The summed E-state index contributed by atoms with van der Waals surface area (Å²) in [6, 6.07) is 0. The molecule has 3 aliphatic carbocycles. The van der Waals surface area contributed by atoms with Crippen molar-refractivity contribution in [3.8, 4) is 0 Å². The second kappa shape index (κ2) is 3.72. The standard InChI is InChI=1S/C13H24BNO2/c1-5-15-8-14-16-11-7-9-6-10(12(9,2)3)13(11,4)17-14/h9-11,15H,5-8H2,1-4H3/t9-,10-,11+,13-/m0/s1. The monoisotopic (exact) mass is 237 g/mol. The van der Waals surface area contributed by atoms with Crippen molar-refractivity contribution < 1.29 is 9.31 Å². The lowest BCUT2D eigenvalue weighted by Crippen LogP contribution is -2.65. The van der Waals surface area contributed by atoms with Crippen molar-refractivity contribution in [3.63, 3.8) is 0 Å². The minimum atomic E-state index is -0.0433. The fourth-order valence-electron chi connectivity index (χ4n) is 4.30. The fourth-order valence-corrected chi connectivity index (χ4v) is 4.30. The lowest BCUT2D eigenvalue weighted by molar-refractivity contribution is -0.199. The Bertz CT molecular complexity index is 323. The molecule has 1 saturated heterocycles. The first-order chi connectivity index (χ1) is 7.98. The van der Waals surface area contributed by atoms with E-state index in [4.69, 9.17) is 9.31 Å². The number of hydrogen-bond donors (Lipinski definition) is 1. The molecule has 3 saturated carbocycles. The molecule has 0 amide bonds. The molecule has 1 N–H and O–H groups in total. The maximum absolute atomic E-state index is 6.26. The third-order valence-electron chi connectivity index (χ3n) is 5.56. The van der Waals surface area contributed by atoms with Crippen molar-refractivity contribution in [1.29, 1.82) is 0 Å². The number of rotatable bonds is 3. The van der Waals surface area contributed by atoms with Crippen molar-refractivity contribution in [2.75, 3.05) is 13.0 Å². The Morgan fingerprint density at radius 1 is 1.29 bits per heavy atom. The summed E-state index contributed by atoms with van der Waals surface area (Å²) in [5, 5.41) is 3.32. The van der Waals surface area contributed by atoms with Crippen molar-refractivity contribution in [1.82, 2.24) is 5.32 Å². The van der Waals surface area contributed by atoms with Gasteiger partial charge < -0.3 is 14.6 Å². The summed E-state index contributed by atoms with van der Waals surface area (Å²) in [6.07, 6.45) is 3.66. The minimum absolute atomic E-state index is 0.0416. The third kappa shape index (κ3) is 1.53. The predicted octanol–water partition coefficient (Wildman–Crippen LogP) is 1.86. The van der Waals surface area contributed by atoms with E-state index < -0.39 is 0 Å². The van der Waals surface area contributed by atoms with Gasteiger partial charge >= 0.3 is 7.12 Å². The molecule has 2 bridgehead atoms. The van der Waals surface area contributed by atoms with E-state index in [0.29, 0.717) is 17.4 Å². The fraction of sp³-hybridized carbons (Fsp3) is 1.00. The first-order valence-corrected chi connectivity index (χ1v) is 7.02. The Balaban J connectivity index is 1.73. The van der Waals surface area contributed by atoms with Crippen LogP contribution in [0.25, 0.3) is 0 Å². The topological polar surface area (TPSA) is 30.5 Å². The highest BCUT2D eigenvalue weighted by Gasteiger charge is 2.67. The zero-order chi connectivity index (χ0) is 12.3. The van der Waals surface area contributed by atoms with E-state index >= 15 is 0 Å². The summed E-state index contributed by atoms with van der Waals surface area (Å²) in [6.45, 7) is 10.2. The molecule has 4 fully saturated rings. The molecule has 1 heterocycles. The zero-order valence-electron chi connectivity index (χ0n) is 11.5. The van der Waals surface area contributed by atoms with Gasteiger partial charge in [0.15, 0.2) is 0 Å². The molecule has 4 heteroatoms. The third-order valence-corrected chi connectivity index (χ3v) is 5.56. The van der Waals surface area contributed by atoms with Gasteiger partial charge in [-0.25, -0.2) is 0 Å². The highest BCUT2D eigenvalue weighted by molar-refractivity contribution is 6.45. The minimum Gasteiger partial charge on any atom is -0.405 e. The second-order valence-electron chi connectivity index (χ2n) is 6.71. The quantitative estimate of drug-likeness (QED) is 0.760. The van der Waals surface area contributed by atoms with Gasteiger partial charge in [0.2, 0.25) is 0 Å². The van der Waals surface area contributed by atoms with Crippen LogP contribution in [0.1, 0.15) is 40.5 Å². The van der Waals surface area contributed by atoms with Crippen LogP contribution in [0.15, 0.2) is 0 Å². The van der Waals surface area contributed by atoms with Crippen molar-refractivity contribution in [2.45, 2.75) is 52.2 Å². The molecule has 0 spiro atoms. The van der Waals surface area contributed by atoms with Gasteiger partial charge in [-0.1, -0.05) is 20.8 Å². The van der Waals surface area contributed by atoms with Crippen molar-refractivity contribution in [2.24, 2.45) is 17.3 Å². The maximum atomic E-state index is 6.26. The molecular formula is C13H24BNO2. The Hall–Kier alpha value is -0.0551. The molecule has 3 nitrogen and oxygen atoms in total. The van der Waals surface area contributed by atoms with Crippen LogP contribution in [0, 0.1) is 17.3 Å². The van der Waals surface area contributed by atoms with Gasteiger partial charge in [0.1, 0.15) is 0 Å². The van der Waals surface area contributed by atoms with Gasteiger partial charge in [0.25, 0.3) is 0 Å². The van der Waals surface area contributed by atoms with Gasteiger partial charge in [0, 0.05) is 6.44 Å². The SMILES string of the molecule is CCNCB1O[C@@H]2C[C@@H]3C[C@@H](C3(C)C)[C@]2(C)O1. The average molecular weight is 237 g/mol. The first-order valence-electron chi connectivity index (χ1n) is 7.02. The van der Waals surface area contributed by atoms with Crippen LogP contribution in [-0.4, -0.2) is 31.8 Å². The molecule has 0 unspecified atom stereocenters. The summed E-state index contributed by atoms with van der Waals surface area (Å²) in [4.78, 5) is 0. The highest BCUT2D eigenvalue weighted by atomic mass is 16.7. The molecule has 4 atom stereocenters. The molecule has 0 radical (unpaired) electrons. The van der Waals surface area contributed by atoms with Crippen molar-refractivity contribution >= 4 is 7.12 Å². The van der Waals surface area contributed by atoms with E-state index in [2.05, 4.69) is 33.0 Å². The van der Waals surface area contributed by atoms with Gasteiger partial charge in [-0.15, -0.1) is 0 Å². The molecular weight excluding hydrogens is 213 g/mol. The van der Waals surface area contributed by atoms with Crippen LogP contribution in [0.3, 0.4) is 0 Å². The zero-order valence-corrected chi connectivity index (χ0v) is 11.5. The van der Waals surface area contributed by atoms with Gasteiger partial charge in [-0.05, 0) is 43.6 Å². The Kier molecular flexibility index (Phi) is 2.63. The summed E-state index contributed by atoms with van der Waals surface area (Å²) in [5.74, 6) is 1.51. The lowest BCUT2D eigenvalue weighted by atomic mass is 9.43. The van der Waals surface area contributed by atoms with Crippen molar-refractivity contribution in [3.05, 3.63) is 0 Å². The summed E-state index contributed by atoms with van der Waals surface area (Å²) in [7, 11) is -0.0416. The van der Waals surface area contributed by atoms with E-state index in [9.17, 15) is 0 Å². The second-order valence-corrected chi connectivity index (χ2v) is 6.71. The highest BCUT2D eigenvalue weighted by Crippen LogP contribution is 2.65. The van der Waals surface area contributed by atoms with Gasteiger partial charge in [-0.3, -0.25) is 0 Å². The number of hydrogen-bond acceptors (Lipinski definition) is 3. The predicted molar refractivity (Wildman–Crippen MR) is 68.7 cm³/mol. The van der Waals surface area contributed by atoms with E-state index in [0.717, 1.165) is 18.9 Å². The van der Waals surface area contributed by atoms with E-state index in [-0.39, 0.29) is 12.7 Å². The summed E-state index contributed by atoms with van der Waals surface area (Å²) >= 11 is 0. The normalized spacial score (nSPS) is 46.6. The molecule has 0 aromatic heterocycles. The van der Waals surface area contributed by atoms with E-state index in [1.807, 2.05) is 0 Å². The summed E-state index contributed by atoms with van der Waals surface area (Å²) in [5.41, 5.74) is 0.403. The van der Waals surface area contributed by atoms with Crippen LogP contribution in [0.5, 0.6) is 0 Å². The smallest absolute Gasteiger partial charge is 0.405 e. The van der Waals surface area contributed by atoms with Crippen LogP contribution in [-0.2, 0) is 9.31 Å². The maximum Gasteiger partial charge on any atom is 0.472 e. The molecule has 96 valence electrons. The van der Waals surface area contributed by atoms with Crippen LogP contribution in [0.4, 0.5) is 0 Å². The van der Waals surface area contributed by atoms with Gasteiger partial charge in [0.05, 0.1) is 11.7 Å². The molecule has 4 aliphatic rings. The van der Waals surface area contributed by atoms with Crippen LogP contribution in [0.2, 0.25) is 0 Å².